The van der Waals surface area contributed by atoms with Crippen molar-refractivity contribution in [3.05, 3.63) is 35.1 Å². The number of hydrogen-bond acceptors (Lipinski definition) is 1. The van der Waals surface area contributed by atoms with E-state index in [1.54, 1.807) is 12.1 Å². The summed E-state index contributed by atoms with van der Waals surface area (Å²) in [5.41, 5.74) is 2.52. The summed E-state index contributed by atoms with van der Waals surface area (Å²) in [6.45, 7) is 1.11. The van der Waals surface area contributed by atoms with E-state index in [2.05, 4.69) is 5.32 Å². The highest BCUT2D eigenvalue weighted by atomic mass is 19.1. The van der Waals surface area contributed by atoms with Gasteiger partial charge in [0.1, 0.15) is 5.82 Å². The predicted molar refractivity (Wildman–Crippen MR) is 67.4 cm³/mol. The summed E-state index contributed by atoms with van der Waals surface area (Å²) < 4.78 is 13.1. The standard InChI is InChI=1S/C15H20FN/c16-13-6-7-14-12(10-13)5-8-15(14)17-9-1-2-11-3-4-11/h6-7,10-11,15,17H,1-5,8-9H2. The summed E-state index contributed by atoms with van der Waals surface area (Å²) >= 11 is 0. The van der Waals surface area contributed by atoms with Crippen molar-refractivity contribution in [2.45, 2.75) is 44.6 Å². The van der Waals surface area contributed by atoms with E-state index >= 15 is 0 Å². The summed E-state index contributed by atoms with van der Waals surface area (Å²) in [6.07, 6.45) is 7.72. The first kappa shape index (κ1) is 11.2. The van der Waals surface area contributed by atoms with E-state index in [-0.39, 0.29) is 5.82 Å². The molecule has 1 aromatic rings. The van der Waals surface area contributed by atoms with E-state index in [0.717, 1.165) is 25.3 Å². The lowest BCUT2D eigenvalue weighted by Gasteiger charge is -2.13. The normalized spacial score (nSPS) is 22.8. The molecule has 17 heavy (non-hydrogen) atoms. The lowest BCUT2D eigenvalue weighted by atomic mass is 10.1. The van der Waals surface area contributed by atoms with Crippen molar-refractivity contribution in [3.63, 3.8) is 0 Å². The van der Waals surface area contributed by atoms with Gasteiger partial charge in [0, 0.05) is 6.04 Å². The van der Waals surface area contributed by atoms with Gasteiger partial charge in [-0.05, 0) is 61.4 Å². The van der Waals surface area contributed by atoms with E-state index < -0.39 is 0 Å². The summed E-state index contributed by atoms with van der Waals surface area (Å²) in [7, 11) is 0. The number of hydrogen-bond donors (Lipinski definition) is 1. The van der Waals surface area contributed by atoms with Gasteiger partial charge < -0.3 is 5.32 Å². The van der Waals surface area contributed by atoms with Crippen LogP contribution in [-0.4, -0.2) is 6.54 Å². The number of nitrogens with one attached hydrogen (secondary N) is 1. The smallest absolute Gasteiger partial charge is 0.123 e. The second kappa shape index (κ2) is 4.77. The van der Waals surface area contributed by atoms with Crippen LogP contribution in [0.1, 0.15) is 49.3 Å². The summed E-state index contributed by atoms with van der Waals surface area (Å²) in [4.78, 5) is 0. The molecular weight excluding hydrogens is 213 g/mol. The molecule has 2 aliphatic rings. The Balaban J connectivity index is 1.52. The van der Waals surface area contributed by atoms with E-state index in [1.807, 2.05) is 6.07 Å². The topological polar surface area (TPSA) is 12.0 Å². The first-order valence-corrected chi connectivity index (χ1v) is 6.84. The molecule has 1 nitrogen and oxygen atoms in total. The Labute approximate surface area is 102 Å². The molecule has 1 unspecified atom stereocenters. The lowest BCUT2D eigenvalue weighted by molar-refractivity contribution is 0.503. The van der Waals surface area contributed by atoms with Gasteiger partial charge in [0.2, 0.25) is 0 Å². The van der Waals surface area contributed by atoms with Gasteiger partial charge in [0.05, 0.1) is 0 Å². The summed E-state index contributed by atoms with van der Waals surface area (Å²) in [6, 6.07) is 5.70. The highest BCUT2D eigenvalue weighted by molar-refractivity contribution is 5.34. The van der Waals surface area contributed by atoms with Gasteiger partial charge in [-0.2, -0.15) is 0 Å². The molecule has 1 fully saturated rings. The van der Waals surface area contributed by atoms with E-state index in [4.69, 9.17) is 0 Å². The van der Waals surface area contributed by atoms with Gasteiger partial charge >= 0.3 is 0 Å². The fourth-order valence-corrected chi connectivity index (χ4v) is 2.87. The molecule has 1 atom stereocenters. The van der Waals surface area contributed by atoms with Crippen molar-refractivity contribution in [2.75, 3.05) is 6.54 Å². The Morgan fingerprint density at radius 3 is 2.94 bits per heavy atom. The third-order valence-electron chi connectivity index (χ3n) is 4.06. The minimum atomic E-state index is -0.0990. The average Bonchev–Trinajstić information content (AvgIpc) is 3.06. The molecule has 0 amide bonds. The van der Waals surface area contributed by atoms with Crippen LogP contribution in [0.25, 0.3) is 0 Å². The van der Waals surface area contributed by atoms with E-state index in [0.29, 0.717) is 6.04 Å². The molecule has 92 valence electrons. The Bertz CT molecular complexity index is 398. The van der Waals surface area contributed by atoms with Crippen LogP contribution in [0.15, 0.2) is 18.2 Å². The molecule has 2 heteroatoms. The maximum absolute atomic E-state index is 13.1. The van der Waals surface area contributed by atoms with Gasteiger partial charge in [-0.15, -0.1) is 0 Å². The van der Waals surface area contributed by atoms with E-state index in [1.165, 1.54) is 36.8 Å². The van der Waals surface area contributed by atoms with Crippen molar-refractivity contribution in [1.82, 2.24) is 5.32 Å². The average molecular weight is 233 g/mol. The summed E-state index contributed by atoms with van der Waals surface area (Å²) in [5.74, 6) is 0.930. The van der Waals surface area contributed by atoms with Crippen LogP contribution in [0, 0.1) is 11.7 Å². The fourth-order valence-electron chi connectivity index (χ4n) is 2.87. The second-order valence-corrected chi connectivity index (χ2v) is 5.47. The quantitative estimate of drug-likeness (QED) is 0.766. The number of halogens is 1. The third-order valence-corrected chi connectivity index (χ3v) is 4.06. The molecule has 0 saturated heterocycles. The minimum Gasteiger partial charge on any atom is -0.310 e. The SMILES string of the molecule is Fc1ccc2c(c1)CCC2NCCCC1CC1. The van der Waals surface area contributed by atoms with Crippen LogP contribution in [0.3, 0.4) is 0 Å². The van der Waals surface area contributed by atoms with Crippen LogP contribution >= 0.6 is 0 Å². The maximum atomic E-state index is 13.1. The highest BCUT2D eigenvalue weighted by Gasteiger charge is 2.23. The van der Waals surface area contributed by atoms with Crippen molar-refractivity contribution in [1.29, 1.82) is 0 Å². The molecule has 0 aliphatic heterocycles. The first-order chi connectivity index (χ1) is 8.33. The Morgan fingerprint density at radius 2 is 2.12 bits per heavy atom. The van der Waals surface area contributed by atoms with Gasteiger partial charge in [-0.1, -0.05) is 18.9 Å². The van der Waals surface area contributed by atoms with Crippen molar-refractivity contribution in [3.8, 4) is 0 Å². The zero-order valence-corrected chi connectivity index (χ0v) is 10.2. The molecule has 3 rings (SSSR count). The monoisotopic (exact) mass is 233 g/mol. The van der Waals surface area contributed by atoms with Gasteiger partial charge in [-0.3, -0.25) is 0 Å². The second-order valence-electron chi connectivity index (χ2n) is 5.47. The molecule has 0 heterocycles. The van der Waals surface area contributed by atoms with Crippen molar-refractivity contribution < 1.29 is 4.39 Å². The minimum absolute atomic E-state index is 0.0990. The molecule has 1 aromatic carbocycles. The van der Waals surface area contributed by atoms with Crippen LogP contribution in [0.5, 0.6) is 0 Å². The van der Waals surface area contributed by atoms with Crippen molar-refractivity contribution in [2.24, 2.45) is 5.92 Å². The molecule has 0 bridgehead atoms. The number of fused-ring (bicyclic) bond motifs is 1. The number of rotatable bonds is 5. The van der Waals surface area contributed by atoms with Crippen LogP contribution in [0.2, 0.25) is 0 Å². The highest BCUT2D eigenvalue weighted by Crippen LogP contribution is 2.34. The molecule has 0 aromatic heterocycles. The first-order valence-electron chi connectivity index (χ1n) is 6.84. The molecule has 2 aliphatic carbocycles. The van der Waals surface area contributed by atoms with Crippen LogP contribution < -0.4 is 5.32 Å². The van der Waals surface area contributed by atoms with Gasteiger partial charge in [-0.25, -0.2) is 4.39 Å². The number of aryl methyl sites for hydroxylation is 1. The third kappa shape index (κ3) is 2.68. The van der Waals surface area contributed by atoms with Crippen LogP contribution in [0.4, 0.5) is 4.39 Å². The predicted octanol–water partition coefficient (Wildman–Crippen LogP) is 3.59. The zero-order valence-electron chi connectivity index (χ0n) is 10.2. The van der Waals surface area contributed by atoms with E-state index in [9.17, 15) is 4.39 Å². The Morgan fingerprint density at radius 1 is 1.24 bits per heavy atom. The fraction of sp³-hybridized carbons (Fsp3) is 0.600. The lowest BCUT2D eigenvalue weighted by Crippen LogP contribution is -2.20. The molecule has 1 saturated carbocycles. The molecule has 0 spiro atoms. The van der Waals surface area contributed by atoms with Crippen molar-refractivity contribution >= 4 is 0 Å². The zero-order chi connectivity index (χ0) is 11.7. The molecule has 0 radical (unpaired) electrons. The Kier molecular flexibility index (Phi) is 3.15. The van der Waals surface area contributed by atoms with Gasteiger partial charge in [0.15, 0.2) is 0 Å². The van der Waals surface area contributed by atoms with Gasteiger partial charge in [0.25, 0.3) is 0 Å². The maximum Gasteiger partial charge on any atom is 0.123 e. The largest absolute Gasteiger partial charge is 0.310 e. The Hall–Kier alpha value is -0.890. The molecular formula is C15H20FN. The van der Waals surface area contributed by atoms with Crippen LogP contribution in [-0.2, 0) is 6.42 Å². The molecule has 1 N–H and O–H groups in total. The number of benzene rings is 1. The summed E-state index contributed by atoms with van der Waals surface area (Å²) in [5, 5.41) is 3.62.